The molecule has 27 heavy (non-hydrogen) atoms. The summed E-state index contributed by atoms with van der Waals surface area (Å²) in [5.41, 5.74) is 2.51. The number of carbonyl (C=O) groups excluding carboxylic acids is 1. The first-order chi connectivity index (χ1) is 12.7. The Morgan fingerprint density at radius 3 is 2.56 bits per heavy atom. The number of rotatable bonds is 4. The van der Waals surface area contributed by atoms with Crippen molar-refractivity contribution < 1.29 is 14.3 Å². The summed E-state index contributed by atoms with van der Waals surface area (Å²) in [5.74, 6) is 1.30. The zero-order valence-electron chi connectivity index (χ0n) is 16.4. The third kappa shape index (κ3) is 4.38. The molecule has 2 atom stereocenters. The van der Waals surface area contributed by atoms with E-state index in [1.807, 2.05) is 64.1 Å². The molecule has 1 aliphatic heterocycles. The molecule has 144 valence electrons. The van der Waals surface area contributed by atoms with Crippen LogP contribution in [0.2, 0.25) is 5.02 Å². The van der Waals surface area contributed by atoms with Crippen molar-refractivity contribution in [2.45, 2.75) is 58.8 Å². The van der Waals surface area contributed by atoms with Crippen LogP contribution >= 0.6 is 11.6 Å². The van der Waals surface area contributed by atoms with Gasteiger partial charge in [-0.25, -0.2) is 0 Å². The summed E-state index contributed by atoms with van der Waals surface area (Å²) in [7, 11) is 0. The average Bonchev–Trinajstić information content (AvgIpc) is 2.58. The van der Waals surface area contributed by atoms with E-state index >= 15 is 0 Å². The molecule has 1 N–H and O–H groups in total. The maximum Gasteiger partial charge on any atom is 0.261 e. The van der Waals surface area contributed by atoms with Crippen molar-refractivity contribution in [3.05, 3.63) is 58.1 Å². The van der Waals surface area contributed by atoms with Crippen LogP contribution in [-0.4, -0.2) is 17.6 Å². The second kappa shape index (κ2) is 7.43. The van der Waals surface area contributed by atoms with E-state index < -0.39 is 6.10 Å². The molecule has 5 heteroatoms. The predicted octanol–water partition coefficient (Wildman–Crippen LogP) is 5.14. The zero-order valence-corrected chi connectivity index (χ0v) is 17.2. The molecule has 0 bridgehead atoms. The summed E-state index contributed by atoms with van der Waals surface area (Å²) in [6, 6.07) is 11.4. The molecule has 0 aromatic heterocycles. The van der Waals surface area contributed by atoms with E-state index in [1.165, 1.54) is 0 Å². The number of amides is 1. The standard InChI is InChI=1S/C22H26ClNO3/c1-13-10-16(11-14(2)20(13)23)26-15(3)21(25)24-18-12-22(4,5)27-19-9-7-6-8-17(18)19/h6-11,15,18H,12H2,1-5H3,(H,24,25)/t15-,18-/m1/s1. The number of hydrogen-bond acceptors (Lipinski definition) is 3. The molecule has 0 spiro atoms. The Hall–Kier alpha value is -2.20. The lowest BCUT2D eigenvalue weighted by atomic mass is 9.89. The van der Waals surface area contributed by atoms with Crippen LogP contribution in [0, 0.1) is 13.8 Å². The topological polar surface area (TPSA) is 47.6 Å². The molecular weight excluding hydrogens is 362 g/mol. The molecule has 4 nitrogen and oxygen atoms in total. The Morgan fingerprint density at radius 1 is 1.26 bits per heavy atom. The molecule has 2 aromatic carbocycles. The number of carbonyl (C=O) groups is 1. The third-order valence-corrected chi connectivity index (χ3v) is 5.38. The smallest absolute Gasteiger partial charge is 0.261 e. The maximum atomic E-state index is 12.8. The van der Waals surface area contributed by atoms with Crippen LogP contribution < -0.4 is 14.8 Å². The fourth-order valence-electron chi connectivity index (χ4n) is 3.45. The van der Waals surface area contributed by atoms with Crippen LogP contribution in [0.4, 0.5) is 0 Å². The van der Waals surface area contributed by atoms with Gasteiger partial charge in [0.05, 0.1) is 6.04 Å². The summed E-state index contributed by atoms with van der Waals surface area (Å²) < 4.78 is 11.9. The van der Waals surface area contributed by atoms with Gasteiger partial charge in [-0.2, -0.15) is 0 Å². The van der Waals surface area contributed by atoms with E-state index in [0.29, 0.717) is 12.2 Å². The Morgan fingerprint density at radius 2 is 1.89 bits per heavy atom. The van der Waals surface area contributed by atoms with Gasteiger partial charge < -0.3 is 14.8 Å². The van der Waals surface area contributed by atoms with Crippen molar-refractivity contribution in [1.82, 2.24) is 5.32 Å². The Bertz CT molecular complexity index is 839. The lowest BCUT2D eigenvalue weighted by Gasteiger charge is -2.38. The monoisotopic (exact) mass is 387 g/mol. The van der Waals surface area contributed by atoms with Gasteiger partial charge in [-0.1, -0.05) is 29.8 Å². The summed E-state index contributed by atoms with van der Waals surface area (Å²) in [6.07, 6.45) is 0.0739. The van der Waals surface area contributed by atoms with Crippen LogP contribution in [0.3, 0.4) is 0 Å². The number of hydrogen-bond donors (Lipinski definition) is 1. The van der Waals surface area contributed by atoms with Gasteiger partial charge in [-0.05, 0) is 63.9 Å². The summed E-state index contributed by atoms with van der Waals surface area (Å²) >= 11 is 6.21. The molecule has 3 rings (SSSR count). The Labute approximate surface area is 165 Å². The summed E-state index contributed by atoms with van der Waals surface area (Å²) in [4.78, 5) is 12.8. The van der Waals surface area contributed by atoms with Gasteiger partial charge in [0.1, 0.15) is 17.1 Å². The normalized spacial score (nSPS) is 18.8. The first-order valence-corrected chi connectivity index (χ1v) is 9.56. The molecule has 1 heterocycles. The lowest BCUT2D eigenvalue weighted by molar-refractivity contribution is -0.128. The van der Waals surface area contributed by atoms with Gasteiger partial charge in [0.25, 0.3) is 5.91 Å². The quantitative estimate of drug-likeness (QED) is 0.789. The first kappa shape index (κ1) is 19.6. The SMILES string of the molecule is Cc1cc(O[C@H](C)C(=O)N[C@@H]2CC(C)(C)Oc3ccccc32)cc(C)c1Cl. The minimum absolute atomic E-state index is 0.114. The average molecular weight is 388 g/mol. The van der Waals surface area contributed by atoms with Crippen LogP contribution in [0.5, 0.6) is 11.5 Å². The Kier molecular flexibility index (Phi) is 5.38. The highest BCUT2D eigenvalue weighted by Crippen LogP contribution is 2.39. The second-order valence-electron chi connectivity index (χ2n) is 7.80. The van der Waals surface area contributed by atoms with Crippen molar-refractivity contribution >= 4 is 17.5 Å². The van der Waals surface area contributed by atoms with E-state index in [2.05, 4.69) is 5.32 Å². The van der Waals surface area contributed by atoms with Crippen molar-refractivity contribution in [1.29, 1.82) is 0 Å². The number of benzene rings is 2. The highest BCUT2D eigenvalue weighted by molar-refractivity contribution is 6.32. The lowest BCUT2D eigenvalue weighted by Crippen LogP contribution is -2.44. The maximum absolute atomic E-state index is 12.8. The summed E-state index contributed by atoms with van der Waals surface area (Å²) in [5, 5.41) is 3.84. The zero-order chi connectivity index (χ0) is 19.8. The molecule has 0 aliphatic carbocycles. The van der Waals surface area contributed by atoms with Crippen molar-refractivity contribution in [3.8, 4) is 11.5 Å². The number of ether oxygens (including phenoxy) is 2. The van der Waals surface area contributed by atoms with E-state index in [4.69, 9.17) is 21.1 Å². The van der Waals surface area contributed by atoms with Gasteiger partial charge in [-0.15, -0.1) is 0 Å². The molecule has 1 amide bonds. The third-order valence-electron chi connectivity index (χ3n) is 4.78. The number of nitrogens with one attached hydrogen (secondary N) is 1. The highest BCUT2D eigenvalue weighted by Gasteiger charge is 2.35. The molecule has 1 aliphatic rings. The molecule has 0 unspecified atom stereocenters. The van der Waals surface area contributed by atoms with Crippen LogP contribution in [0.15, 0.2) is 36.4 Å². The van der Waals surface area contributed by atoms with Crippen LogP contribution in [0.25, 0.3) is 0 Å². The van der Waals surface area contributed by atoms with E-state index in [-0.39, 0.29) is 17.6 Å². The molecule has 2 aromatic rings. The number of aryl methyl sites for hydroxylation is 2. The minimum atomic E-state index is -0.622. The number of halogens is 1. The number of fused-ring (bicyclic) bond motifs is 1. The molecule has 0 saturated carbocycles. The van der Waals surface area contributed by atoms with Crippen molar-refractivity contribution in [3.63, 3.8) is 0 Å². The van der Waals surface area contributed by atoms with E-state index in [1.54, 1.807) is 6.92 Å². The largest absolute Gasteiger partial charge is 0.487 e. The van der Waals surface area contributed by atoms with E-state index in [9.17, 15) is 4.79 Å². The van der Waals surface area contributed by atoms with Gasteiger partial charge in [0.15, 0.2) is 6.10 Å². The second-order valence-corrected chi connectivity index (χ2v) is 8.17. The molecule has 0 radical (unpaired) electrons. The number of para-hydroxylation sites is 1. The molecular formula is C22H26ClNO3. The minimum Gasteiger partial charge on any atom is -0.487 e. The molecule has 0 fully saturated rings. The fourth-order valence-corrected chi connectivity index (χ4v) is 3.56. The van der Waals surface area contributed by atoms with E-state index in [0.717, 1.165) is 27.5 Å². The van der Waals surface area contributed by atoms with Crippen molar-refractivity contribution in [2.24, 2.45) is 0 Å². The van der Waals surface area contributed by atoms with Crippen molar-refractivity contribution in [2.75, 3.05) is 0 Å². The fraction of sp³-hybridized carbons (Fsp3) is 0.409. The van der Waals surface area contributed by atoms with Gasteiger partial charge >= 0.3 is 0 Å². The van der Waals surface area contributed by atoms with Gasteiger partial charge in [0.2, 0.25) is 0 Å². The Balaban J connectivity index is 1.73. The van der Waals surface area contributed by atoms with Crippen LogP contribution in [0.1, 0.15) is 49.9 Å². The van der Waals surface area contributed by atoms with Gasteiger partial charge in [0, 0.05) is 17.0 Å². The van der Waals surface area contributed by atoms with Gasteiger partial charge in [-0.3, -0.25) is 4.79 Å². The summed E-state index contributed by atoms with van der Waals surface area (Å²) in [6.45, 7) is 9.66. The highest BCUT2D eigenvalue weighted by atomic mass is 35.5. The molecule has 0 saturated heterocycles. The first-order valence-electron chi connectivity index (χ1n) is 9.18. The van der Waals surface area contributed by atoms with Crippen LogP contribution in [-0.2, 0) is 4.79 Å². The predicted molar refractivity (Wildman–Crippen MR) is 108 cm³/mol.